The second-order valence-corrected chi connectivity index (χ2v) is 4.81. The van der Waals surface area contributed by atoms with Gasteiger partial charge in [-0.3, -0.25) is 0 Å². The Hall–Kier alpha value is -2.49. The molecule has 0 saturated heterocycles. The molecule has 0 fully saturated rings. The first-order valence-electron chi connectivity index (χ1n) is 6.41. The molecule has 0 bridgehead atoms. The van der Waals surface area contributed by atoms with Crippen molar-refractivity contribution in [2.75, 3.05) is 0 Å². The lowest BCUT2D eigenvalue weighted by Gasteiger charge is -2.04. The SMILES string of the molecule is CC(C)c1cccc(N=Nc2cccc(C(=O)O)c2)c1. The number of azo groups is 1. The van der Waals surface area contributed by atoms with Gasteiger partial charge in [0.25, 0.3) is 0 Å². The van der Waals surface area contributed by atoms with Crippen LogP contribution >= 0.6 is 0 Å². The first-order chi connectivity index (χ1) is 9.56. The normalized spacial score (nSPS) is 11.2. The van der Waals surface area contributed by atoms with Gasteiger partial charge in [0.15, 0.2) is 0 Å². The summed E-state index contributed by atoms with van der Waals surface area (Å²) < 4.78 is 0. The van der Waals surface area contributed by atoms with Gasteiger partial charge >= 0.3 is 5.97 Å². The van der Waals surface area contributed by atoms with Crippen LogP contribution in [0.25, 0.3) is 0 Å². The molecule has 1 N–H and O–H groups in total. The number of nitrogens with zero attached hydrogens (tertiary/aromatic N) is 2. The third kappa shape index (κ3) is 3.51. The summed E-state index contributed by atoms with van der Waals surface area (Å²) >= 11 is 0. The van der Waals surface area contributed by atoms with Crippen molar-refractivity contribution in [2.24, 2.45) is 10.2 Å². The topological polar surface area (TPSA) is 62.0 Å². The van der Waals surface area contributed by atoms with Crippen LogP contribution < -0.4 is 0 Å². The van der Waals surface area contributed by atoms with E-state index in [1.807, 2.05) is 18.2 Å². The van der Waals surface area contributed by atoms with E-state index in [9.17, 15) is 4.79 Å². The fourth-order valence-corrected chi connectivity index (χ4v) is 1.76. The van der Waals surface area contributed by atoms with Gasteiger partial charge in [-0.05, 0) is 41.8 Å². The minimum atomic E-state index is -0.969. The van der Waals surface area contributed by atoms with Gasteiger partial charge in [-0.15, -0.1) is 0 Å². The van der Waals surface area contributed by atoms with Crippen molar-refractivity contribution in [1.82, 2.24) is 0 Å². The Balaban J connectivity index is 2.23. The summed E-state index contributed by atoms with van der Waals surface area (Å²) in [5.41, 5.74) is 2.69. The summed E-state index contributed by atoms with van der Waals surface area (Å²) in [4.78, 5) is 10.9. The summed E-state index contributed by atoms with van der Waals surface area (Å²) in [6.45, 7) is 4.24. The Kier molecular flexibility index (Phi) is 4.25. The van der Waals surface area contributed by atoms with Crippen LogP contribution in [0.15, 0.2) is 58.8 Å². The molecule has 20 heavy (non-hydrogen) atoms. The Bertz CT molecular complexity index is 648. The van der Waals surface area contributed by atoms with Gasteiger partial charge in [0.05, 0.1) is 16.9 Å². The highest BCUT2D eigenvalue weighted by atomic mass is 16.4. The van der Waals surface area contributed by atoms with Crippen molar-refractivity contribution < 1.29 is 9.90 Å². The zero-order chi connectivity index (χ0) is 14.5. The van der Waals surface area contributed by atoms with Gasteiger partial charge in [-0.25, -0.2) is 4.79 Å². The van der Waals surface area contributed by atoms with Crippen LogP contribution in [0.5, 0.6) is 0 Å². The Morgan fingerprint density at radius 1 is 1.00 bits per heavy atom. The molecule has 4 nitrogen and oxygen atoms in total. The van der Waals surface area contributed by atoms with Crippen LogP contribution in [-0.4, -0.2) is 11.1 Å². The number of benzene rings is 2. The number of carboxylic acids is 1. The Morgan fingerprint density at radius 2 is 1.60 bits per heavy atom. The van der Waals surface area contributed by atoms with E-state index in [4.69, 9.17) is 5.11 Å². The molecule has 0 saturated carbocycles. The highest BCUT2D eigenvalue weighted by Gasteiger charge is 2.03. The molecule has 0 heterocycles. The maximum Gasteiger partial charge on any atom is 0.335 e. The van der Waals surface area contributed by atoms with Gasteiger partial charge in [-0.1, -0.05) is 32.0 Å². The number of hydrogen-bond donors (Lipinski definition) is 1. The van der Waals surface area contributed by atoms with E-state index in [1.165, 1.54) is 17.7 Å². The molecule has 102 valence electrons. The van der Waals surface area contributed by atoms with E-state index >= 15 is 0 Å². The van der Waals surface area contributed by atoms with Crippen molar-refractivity contribution in [2.45, 2.75) is 19.8 Å². The molecular weight excluding hydrogens is 252 g/mol. The minimum Gasteiger partial charge on any atom is -0.478 e. The number of hydrogen-bond acceptors (Lipinski definition) is 3. The summed E-state index contributed by atoms with van der Waals surface area (Å²) in [6.07, 6.45) is 0. The average molecular weight is 268 g/mol. The molecule has 0 radical (unpaired) electrons. The van der Waals surface area contributed by atoms with E-state index in [-0.39, 0.29) is 5.56 Å². The smallest absolute Gasteiger partial charge is 0.335 e. The molecule has 0 aliphatic heterocycles. The molecule has 0 atom stereocenters. The third-order valence-corrected chi connectivity index (χ3v) is 2.91. The van der Waals surface area contributed by atoms with Gasteiger partial charge in [0.1, 0.15) is 0 Å². The number of carboxylic acid groups (broad SMARTS) is 1. The van der Waals surface area contributed by atoms with Crippen LogP contribution in [0.2, 0.25) is 0 Å². The third-order valence-electron chi connectivity index (χ3n) is 2.91. The predicted molar refractivity (Wildman–Crippen MR) is 78.1 cm³/mol. The lowest BCUT2D eigenvalue weighted by atomic mass is 10.0. The standard InChI is InChI=1S/C16H16N2O2/c1-11(2)12-5-3-7-14(9-12)17-18-15-8-4-6-13(10-15)16(19)20/h3-11H,1-2H3,(H,19,20). The molecule has 0 aromatic heterocycles. The molecule has 2 rings (SSSR count). The van der Waals surface area contributed by atoms with Gasteiger partial charge < -0.3 is 5.11 Å². The summed E-state index contributed by atoms with van der Waals surface area (Å²) in [6, 6.07) is 14.3. The molecule has 2 aromatic rings. The second kappa shape index (κ2) is 6.10. The van der Waals surface area contributed by atoms with Crippen LogP contribution in [-0.2, 0) is 0 Å². The number of carbonyl (C=O) groups is 1. The molecule has 0 aliphatic rings. The predicted octanol–water partition coefficient (Wildman–Crippen LogP) is 4.92. The van der Waals surface area contributed by atoms with E-state index in [0.29, 0.717) is 11.6 Å². The lowest BCUT2D eigenvalue weighted by Crippen LogP contribution is -1.94. The number of aromatic carboxylic acids is 1. The molecule has 4 heteroatoms. The minimum absolute atomic E-state index is 0.206. The maximum atomic E-state index is 10.9. The first-order valence-corrected chi connectivity index (χ1v) is 6.41. The van der Waals surface area contributed by atoms with Gasteiger partial charge in [0.2, 0.25) is 0 Å². The number of rotatable bonds is 4. The average Bonchev–Trinajstić information content (AvgIpc) is 2.45. The van der Waals surface area contributed by atoms with E-state index in [0.717, 1.165) is 5.69 Å². The summed E-state index contributed by atoms with van der Waals surface area (Å²) in [5, 5.41) is 17.2. The molecular formula is C16H16N2O2. The molecule has 0 unspecified atom stereocenters. The largest absolute Gasteiger partial charge is 0.478 e. The van der Waals surface area contributed by atoms with Crippen LogP contribution in [0.4, 0.5) is 11.4 Å². The van der Waals surface area contributed by atoms with Crippen LogP contribution in [0.1, 0.15) is 35.7 Å². The van der Waals surface area contributed by atoms with Crippen molar-refractivity contribution >= 4 is 17.3 Å². The van der Waals surface area contributed by atoms with Crippen LogP contribution in [0, 0.1) is 0 Å². The fourth-order valence-electron chi connectivity index (χ4n) is 1.76. The summed E-state index contributed by atoms with van der Waals surface area (Å²) in [7, 11) is 0. The quantitative estimate of drug-likeness (QED) is 0.799. The van der Waals surface area contributed by atoms with E-state index in [1.54, 1.807) is 12.1 Å². The monoisotopic (exact) mass is 268 g/mol. The second-order valence-electron chi connectivity index (χ2n) is 4.81. The first kappa shape index (κ1) is 13.9. The van der Waals surface area contributed by atoms with E-state index < -0.39 is 5.97 Å². The van der Waals surface area contributed by atoms with Crippen molar-refractivity contribution in [3.05, 3.63) is 59.7 Å². The van der Waals surface area contributed by atoms with Crippen molar-refractivity contribution in [1.29, 1.82) is 0 Å². The highest BCUT2D eigenvalue weighted by Crippen LogP contribution is 2.23. The zero-order valence-electron chi connectivity index (χ0n) is 11.4. The molecule has 0 aliphatic carbocycles. The van der Waals surface area contributed by atoms with Gasteiger partial charge in [0, 0.05) is 0 Å². The van der Waals surface area contributed by atoms with Crippen molar-refractivity contribution in [3.63, 3.8) is 0 Å². The molecule has 2 aromatic carbocycles. The fraction of sp³-hybridized carbons (Fsp3) is 0.188. The Morgan fingerprint density at radius 3 is 2.20 bits per heavy atom. The summed E-state index contributed by atoms with van der Waals surface area (Å²) in [5.74, 6) is -0.538. The highest BCUT2D eigenvalue weighted by molar-refractivity contribution is 5.88. The molecule has 0 amide bonds. The lowest BCUT2D eigenvalue weighted by molar-refractivity contribution is 0.0697. The molecule has 0 spiro atoms. The maximum absolute atomic E-state index is 10.9. The van der Waals surface area contributed by atoms with Crippen molar-refractivity contribution in [3.8, 4) is 0 Å². The van der Waals surface area contributed by atoms with Gasteiger partial charge in [-0.2, -0.15) is 10.2 Å². The zero-order valence-corrected chi connectivity index (χ0v) is 11.4. The van der Waals surface area contributed by atoms with Crippen LogP contribution in [0.3, 0.4) is 0 Å². The van der Waals surface area contributed by atoms with E-state index in [2.05, 4.69) is 30.1 Å². The Labute approximate surface area is 117 Å².